The van der Waals surface area contributed by atoms with Crippen LogP contribution in [0.5, 0.6) is 0 Å². The van der Waals surface area contributed by atoms with Crippen molar-refractivity contribution in [2.24, 2.45) is 15.9 Å². The Morgan fingerprint density at radius 1 is 1.00 bits per heavy atom. The van der Waals surface area contributed by atoms with E-state index in [-0.39, 0.29) is 41.2 Å². The molecule has 3 aliphatic heterocycles. The summed E-state index contributed by atoms with van der Waals surface area (Å²) in [5.41, 5.74) is 0.746. The molecule has 26 heavy (non-hydrogen) atoms. The summed E-state index contributed by atoms with van der Waals surface area (Å²) >= 11 is 0. The SMILES string of the molecule is CC1(C)CC(C2N=Cn3c(=O)n4c5c3n2c(=O)n5C=NC4)CC(C)(C)N1. The van der Waals surface area contributed by atoms with Gasteiger partial charge in [0.2, 0.25) is 0 Å². The largest absolute Gasteiger partial charge is 0.338 e. The summed E-state index contributed by atoms with van der Waals surface area (Å²) in [6, 6.07) is 0. The molecule has 138 valence electrons. The van der Waals surface area contributed by atoms with E-state index in [9.17, 15) is 9.59 Å². The van der Waals surface area contributed by atoms with Gasteiger partial charge >= 0.3 is 11.4 Å². The quantitative estimate of drug-likeness (QED) is 0.808. The Kier molecular flexibility index (Phi) is 2.82. The molecule has 5 rings (SSSR count). The molecule has 0 amide bonds. The second kappa shape index (κ2) is 4.64. The van der Waals surface area contributed by atoms with Crippen LogP contribution in [0.1, 0.15) is 46.7 Å². The lowest BCUT2D eigenvalue weighted by Gasteiger charge is -2.48. The van der Waals surface area contributed by atoms with Crippen LogP contribution in [0.2, 0.25) is 0 Å². The topological polar surface area (TPSA) is 90.6 Å². The third kappa shape index (κ3) is 1.94. The first kappa shape index (κ1) is 15.8. The summed E-state index contributed by atoms with van der Waals surface area (Å²) in [7, 11) is 0. The van der Waals surface area contributed by atoms with Crippen molar-refractivity contribution in [3.63, 3.8) is 0 Å². The van der Waals surface area contributed by atoms with E-state index in [4.69, 9.17) is 0 Å². The number of imidazole rings is 2. The number of hydrogen-bond donors (Lipinski definition) is 1. The van der Waals surface area contributed by atoms with Gasteiger partial charge in [0.25, 0.3) is 0 Å². The smallest absolute Gasteiger partial charge is 0.307 e. The van der Waals surface area contributed by atoms with E-state index in [0.717, 1.165) is 12.8 Å². The molecule has 9 nitrogen and oxygen atoms in total. The maximum absolute atomic E-state index is 13.1. The van der Waals surface area contributed by atoms with Gasteiger partial charge in [0.1, 0.15) is 25.5 Å². The fraction of sp³-hybridized carbons (Fsp3) is 0.647. The van der Waals surface area contributed by atoms with Crippen LogP contribution in [0.4, 0.5) is 0 Å². The highest BCUT2D eigenvalue weighted by atomic mass is 16.2. The third-order valence-corrected chi connectivity index (χ3v) is 5.65. The lowest BCUT2D eigenvalue weighted by atomic mass is 9.74. The molecule has 0 bridgehead atoms. The van der Waals surface area contributed by atoms with Gasteiger partial charge < -0.3 is 5.32 Å². The van der Waals surface area contributed by atoms with E-state index in [2.05, 4.69) is 43.0 Å². The minimum absolute atomic E-state index is 0.0499. The number of piperidine rings is 1. The van der Waals surface area contributed by atoms with E-state index in [1.165, 1.54) is 20.0 Å². The Hall–Kier alpha value is -2.42. The fourth-order valence-electron chi connectivity index (χ4n) is 5.22. The molecule has 1 atom stereocenters. The van der Waals surface area contributed by atoms with Crippen LogP contribution >= 0.6 is 0 Å². The van der Waals surface area contributed by atoms with Gasteiger partial charge in [0.05, 0.1) is 0 Å². The average Bonchev–Trinajstić information content (AvgIpc) is 3.00. The highest BCUT2D eigenvalue weighted by Crippen LogP contribution is 2.40. The van der Waals surface area contributed by atoms with Gasteiger partial charge in [0.15, 0.2) is 11.3 Å². The van der Waals surface area contributed by atoms with Crippen molar-refractivity contribution >= 4 is 24.0 Å². The molecule has 5 heterocycles. The Labute approximate surface area is 149 Å². The van der Waals surface area contributed by atoms with E-state index in [1.54, 1.807) is 10.9 Å². The Balaban J connectivity index is 1.72. The minimum Gasteiger partial charge on any atom is -0.307 e. The van der Waals surface area contributed by atoms with Gasteiger partial charge in [-0.1, -0.05) is 0 Å². The standard InChI is InChI=1S/C17H23N7O2/c1-16(2)5-10(6-17(3,4)20-16)11-19-9-23-13-12-21(14(23)25)7-18-8-22(12)15(26)24(11)13/h8-11,20H,5-7H2,1-4H3. The van der Waals surface area contributed by atoms with Gasteiger partial charge in [0, 0.05) is 17.0 Å². The molecular weight excluding hydrogens is 334 g/mol. The average molecular weight is 357 g/mol. The number of nitrogens with one attached hydrogen (secondary N) is 1. The summed E-state index contributed by atoms with van der Waals surface area (Å²) in [4.78, 5) is 34.5. The molecule has 1 unspecified atom stereocenters. The van der Waals surface area contributed by atoms with Crippen molar-refractivity contribution in [2.75, 3.05) is 0 Å². The summed E-state index contributed by atoms with van der Waals surface area (Å²) in [5.74, 6) is 0.194. The van der Waals surface area contributed by atoms with Gasteiger partial charge in [-0.25, -0.2) is 23.7 Å². The van der Waals surface area contributed by atoms with E-state index in [1.807, 2.05) is 0 Å². The zero-order valence-corrected chi connectivity index (χ0v) is 15.4. The number of hydrogen-bond acceptors (Lipinski definition) is 5. The predicted octanol–water partition coefficient (Wildman–Crippen LogP) is 0.559. The van der Waals surface area contributed by atoms with Crippen LogP contribution in [-0.4, -0.2) is 42.0 Å². The molecule has 0 aromatic carbocycles. The molecule has 9 heteroatoms. The van der Waals surface area contributed by atoms with Crippen molar-refractivity contribution in [1.82, 2.24) is 23.6 Å². The number of aromatic nitrogens is 4. The van der Waals surface area contributed by atoms with Gasteiger partial charge in [-0.2, -0.15) is 0 Å². The number of rotatable bonds is 1. The van der Waals surface area contributed by atoms with Gasteiger partial charge in [-0.3, -0.25) is 14.1 Å². The van der Waals surface area contributed by atoms with Crippen LogP contribution in [0.3, 0.4) is 0 Å². The predicted molar refractivity (Wildman–Crippen MR) is 99.3 cm³/mol. The Morgan fingerprint density at radius 2 is 1.65 bits per heavy atom. The molecule has 1 fully saturated rings. The van der Waals surface area contributed by atoms with E-state index in [0.29, 0.717) is 11.3 Å². The summed E-state index contributed by atoms with van der Waals surface area (Å²) in [6.07, 6.45) is 4.59. The lowest BCUT2D eigenvalue weighted by Crippen LogP contribution is -2.59. The van der Waals surface area contributed by atoms with Crippen LogP contribution in [0.25, 0.3) is 11.3 Å². The first-order valence-electron chi connectivity index (χ1n) is 8.99. The lowest BCUT2D eigenvalue weighted by molar-refractivity contribution is 0.0968. The minimum atomic E-state index is -0.311. The summed E-state index contributed by atoms with van der Waals surface area (Å²) < 4.78 is 6.15. The van der Waals surface area contributed by atoms with Crippen LogP contribution in [-0.2, 0) is 6.67 Å². The Bertz CT molecular complexity index is 1090. The molecule has 0 spiro atoms. The van der Waals surface area contributed by atoms with Crippen molar-refractivity contribution in [3.05, 3.63) is 21.0 Å². The highest BCUT2D eigenvalue weighted by molar-refractivity contribution is 5.85. The second-order valence-electron chi connectivity index (χ2n) is 8.93. The van der Waals surface area contributed by atoms with Crippen molar-refractivity contribution in [2.45, 2.75) is 64.4 Å². The first-order chi connectivity index (χ1) is 12.2. The van der Waals surface area contributed by atoms with E-state index < -0.39 is 0 Å². The molecule has 2 aromatic heterocycles. The number of aliphatic imine (C=N–C) groups is 2. The maximum Gasteiger partial charge on any atom is 0.338 e. The maximum atomic E-state index is 13.1. The molecule has 0 saturated carbocycles. The molecule has 0 radical (unpaired) electrons. The molecule has 3 aliphatic rings. The zero-order chi connectivity index (χ0) is 18.4. The third-order valence-electron chi connectivity index (χ3n) is 5.65. The summed E-state index contributed by atoms with van der Waals surface area (Å²) in [5, 5.41) is 3.67. The van der Waals surface area contributed by atoms with Gasteiger partial charge in [-0.05, 0) is 40.5 Å². The van der Waals surface area contributed by atoms with Crippen LogP contribution in [0.15, 0.2) is 19.6 Å². The number of nitrogens with zero attached hydrogens (tertiary/aromatic N) is 6. The normalized spacial score (nSPS) is 25.9. The van der Waals surface area contributed by atoms with Crippen LogP contribution in [0, 0.1) is 5.92 Å². The molecule has 1 saturated heterocycles. The molecule has 1 N–H and O–H groups in total. The second-order valence-corrected chi connectivity index (χ2v) is 8.93. The van der Waals surface area contributed by atoms with Crippen molar-refractivity contribution in [3.8, 4) is 0 Å². The van der Waals surface area contributed by atoms with E-state index >= 15 is 0 Å². The van der Waals surface area contributed by atoms with Crippen LogP contribution < -0.4 is 16.7 Å². The summed E-state index contributed by atoms with van der Waals surface area (Å²) in [6.45, 7) is 8.97. The zero-order valence-electron chi connectivity index (χ0n) is 15.4. The Morgan fingerprint density at radius 3 is 2.35 bits per heavy atom. The monoisotopic (exact) mass is 357 g/mol. The van der Waals surface area contributed by atoms with Crippen molar-refractivity contribution < 1.29 is 0 Å². The molecular formula is C17H23N7O2. The molecule has 0 aliphatic carbocycles. The highest BCUT2D eigenvalue weighted by Gasteiger charge is 2.43. The fourth-order valence-corrected chi connectivity index (χ4v) is 5.22. The first-order valence-corrected chi connectivity index (χ1v) is 8.99. The van der Waals surface area contributed by atoms with Crippen molar-refractivity contribution in [1.29, 1.82) is 0 Å². The molecule has 2 aromatic rings. The van der Waals surface area contributed by atoms with Gasteiger partial charge in [-0.15, -0.1) is 0 Å².